The first-order chi connectivity index (χ1) is 7.58. The Labute approximate surface area is 91.9 Å². The Bertz CT molecular complexity index is 451. The van der Waals surface area contributed by atoms with Crippen LogP contribution in [0, 0.1) is 17.1 Å². The smallest absolute Gasteiger partial charge is 0.310 e. The normalized spacial score (nSPS) is 9.56. The van der Waals surface area contributed by atoms with Crippen LogP contribution >= 0.6 is 0 Å². The van der Waals surface area contributed by atoms with Gasteiger partial charge in [0.25, 0.3) is 0 Å². The maximum atomic E-state index is 13.4. The van der Waals surface area contributed by atoms with E-state index in [2.05, 4.69) is 4.74 Å². The minimum absolute atomic E-state index is 0.0567. The minimum atomic E-state index is -0.787. The van der Waals surface area contributed by atoms with Gasteiger partial charge in [0, 0.05) is 11.6 Å². The first kappa shape index (κ1) is 12.0. The third kappa shape index (κ3) is 2.70. The molecule has 16 heavy (non-hydrogen) atoms. The molecule has 0 aromatic heterocycles. The lowest BCUT2D eigenvalue weighted by Gasteiger charge is -2.06. The fourth-order valence-corrected chi connectivity index (χ4v) is 1.26. The monoisotopic (exact) mass is 223 g/mol. The number of rotatable bonds is 3. The molecule has 1 rings (SSSR count). The third-order valence-electron chi connectivity index (χ3n) is 1.93. The van der Waals surface area contributed by atoms with Crippen molar-refractivity contribution in [1.82, 2.24) is 0 Å². The van der Waals surface area contributed by atoms with Gasteiger partial charge in [-0.05, 0) is 13.0 Å². The second kappa shape index (κ2) is 5.12. The number of carbonyl (C=O) groups is 1. The molecule has 0 radical (unpaired) electrons. The summed E-state index contributed by atoms with van der Waals surface area (Å²) >= 11 is 0. The summed E-state index contributed by atoms with van der Waals surface area (Å²) in [7, 11) is 0. The van der Waals surface area contributed by atoms with Gasteiger partial charge < -0.3 is 9.84 Å². The first-order valence-electron chi connectivity index (χ1n) is 4.65. The Morgan fingerprint density at radius 3 is 2.88 bits per heavy atom. The summed E-state index contributed by atoms with van der Waals surface area (Å²) in [6, 6.07) is 3.68. The standard InChI is InChI=1S/C11H10FNO3/c1-2-16-11(15)5-9-7(6-13)3-8(14)4-10(9)12/h3-4,14H,2,5H2,1H3. The Hall–Kier alpha value is -2.09. The van der Waals surface area contributed by atoms with Crippen LogP contribution < -0.4 is 0 Å². The lowest BCUT2D eigenvalue weighted by atomic mass is 10.0. The zero-order valence-electron chi connectivity index (χ0n) is 8.66. The molecule has 0 heterocycles. The number of hydrogen-bond acceptors (Lipinski definition) is 4. The van der Waals surface area contributed by atoms with E-state index in [-0.39, 0.29) is 29.9 Å². The van der Waals surface area contributed by atoms with E-state index in [4.69, 9.17) is 10.4 Å². The van der Waals surface area contributed by atoms with E-state index < -0.39 is 11.8 Å². The maximum Gasteiger partial charge on any atom is 0.310 e. The molecule has 0 unspecified atom stereocenters. The van der Waals surface area contributed by atoms with E-state index in [0.717, 1.165) is 12.1 Å². The van der Waals surface area contributed by atoms with Crippen molar-refractivity contribution >= 4 is 5.97 Å². The van der Waals surface area contributed by atoms with Gasteiger partial charge in [0.2, 0.25) is 0 Å². The number of carbonyl (C=O) groups excluding carboxylic acids is 1. The molecule has 0 fully saturated rings. The lowest BCUT2D eigenvalue weighted by Crippen LogP contribution is -2.10. The van der Waals surface area contributed by atoms with Gasteiger partial charge >= 0.3 is 5.97 Å². The molecule has 1 N–H and O–H groups in total. The number of hydrogen-bond donors (Lipinski definition) is 1. The summed E-state index contributed by atoms with van der Waals surface area (Å²) in [5, 5.41) is 17.8. The Morgan fingerprint density at radius 2 is 2.31 bits per heavy atom. The summed E-state index contributed by atoms with van der Waals surface area (Å²) in [5.74, 6) is -1.74. The van der Waals surface area contributed by atoms with Crippen molar-refractivity contribution < 1.29 is 19.0 Å². The zero-order valence-corrected chi connectivity index (χ0v) is 8.66. The Kier molecular flexibility index (Phi) is 3.84. The first-order valence-corrected chi connectivity index (χ1v) is 4.65. The van der Waals surface area contributed by atoms with Crippen LogP contribution in [0.25, 0.3) is 0 Å². The van der Waals surface area contributed by atoms with Crippen molar-refractivity contribution in [3.63, 3.8) is 0 Å². The van der Waals surface area contributed by atoms with Crippen molar-refractivity contribution in [2.45, 2.75) is 13.3 Å². The molecule has 0 saturated heterocycles. The number of nitrogens with zero attached hydrogens (tertiary/aromatic N) is 1. The van der Waals surface area contributed by atoms with Crippen molar-refractivity contribution in [2.75, 3.05) is 6.61 Å². The van der Waals surface area contributed by atoms with Crippen LogP contribution in [0.2, 0.25) is 0 Å². The molecule has 1 aromatic carbocycles. The van der Waals surface area contributed by atoms with Crippen LogP contribution in [-0.2, 0) is 16.0 Å². The van der Waals surface area contributed by atoms with Crippen LogP contribution in [0.4, 0.5) is 4.39 Å². The number of phenols is 1. The van der Waals surface area contributed by atoms with Gasteiger partial charge in [0.05, 0.1) is 24.7 Å². The number of halogens is 1. The van der Waals surface area contributed by atoms with Crippen molar-refractivity contribution in [1.29, 1.82) is 5.26 Å². The number of esters is 1. The van der Waals surface area contributed by atoms with Gasteiger partial charge in [-0.15, -0.1) is 0 Å². The molecule has 0 bridgehead atoms. The molecule has 0 aliphatic rings. The van der Waals surface area contributed by atoms with Crippen molar-refractivity contribution in [3.05, 3.63) is 29.1 Å². The zero-order chi connectivity index (χ0) is 12.1. The van der Waals surface area contributed by atoms with Gasteiger partial charge in [0.1, 0.15) is 11.6 Å². The topological polar surface area (TPSA) is 70.3 Å². The average Bonchev–Trinajstić information content (AvgIpc) is 2.22. The average molecular weight is 223 g/mol. The summed E-state index contributed by atoms with van der Waals surface area (Å²) in [5.41, 5.74) is -0.121. The SMILES string of the molecule is CCOC(=O)Cc1c(F)cc(O)cc1C#N. The highest BCUT2D eigenvalue weighted by molar-refractivity contribution is 5.73. The maximum absolute atomic E-state index is 13.4. The molecule has 0 amide bonds. The van der Waals surface area contributed by atoms with Crippen LogP contribution in [-0.4, -0.2) is 17.7 Å². The van der Waals surface area contributed by atoms with E-state index in [9.17, 15) is 9.18 Å². The number of ether oxygens (including phenoxy) is 1. The van der Waals surface area contributed by atoms with E-state index in [1.165, 1.54) is 0 Å². The molecule has 0 aliphatic heterocycles. The van der Waals surface area contributed by atoms with Crippen LogP contribution in [0.15, 0.2) is 12.1 Å². The predicted molar refractivity (Wildman–Crippen MR) is 53.1 cm³/mol. The highest BCUT2D eigenvalue weighted by atomic mass is 19.1. The summed E-state index contributed by atoms with van der Waals surface area (Å²) in [6.45, 7) is 1.83. The molecule has 84 valence electrons. The molecule has 4 nitrogen and oxygen atoms in total. The largest absolute Gasteiger partial charge is 0.508 e. The van der Waals surface area contributed by atoms with Crippen molar-refractivity contribution in [2.24, 2.45) is 0 Å². The van der Waals surface area contributed by atoms with Gasteiger partial charge in [-0.3, -0.25) is 4.79 Å². The van der Waals surface area contributed by atoms with E-state index >= 15 is 0 Å². The number of benzene rings is 1. The van der Waals surface area contributed by atoms with Crippen LogP contribution in [0.3, 0.4) is 0 Å². The number of phenolic OH excluding ortho intramolecular Hbond substituents is 1. The highest BCUT2D eigenvalue weighted by Crippen LogP contribution is 2.20. The molecular weight excluding hydrogens is 213 g/mol. The van der Waals surface area contributed by atoms with Gasteiger partial charge in [-0.2, -0.15) is 5.26 Å². The predicted octanol–water partition coefficient (Wildman–Crippen LogP) is 1.51. The quantitative estimate of drug-likeness (QED) is 0.788. The second-order valence-corrected chi connectivity index (χ2v) is 3.05. The number of aromatic hydroxyl groups is 1. The molecule has 1 aromatic rings. The van der Waals surface area contributed by atoms with E-state index in [1.807, 2.05) is 0 Å². The van der Waals surface area contributed by atoms with E-state index in [0.29, 0.717) is 0 Å². The lowest BCUT2D eigenvalue weighted by molar-refractivity contribution is -0.142. The molecule has 0 aliphatic carbocycles. The molecule has 0 atom stereocenters. The fraction of sp³-hybridized carbons (Fsp3) is 0.273. The number of nitriles is 1. The van der Waals surface area contributed by atoms with Gasteiger partial charge in [-0.25, -0.2) is 4.39 Å². The highest BCUT2D eigenvalue weighted by Gasteiger charge is 2.15. The summed E-state index contributed by atoms with van der Waals surface area (Å²) < 4.78 is 18.0. The minimum Gasteiger partial charge on any atom is -0.508 e. The Balaban J connectivity index is 3.04. The van der Waals surface area contributed by atoms with E-state index in [1.54, 1.807) is 13.0 Å². The molecule has 0 saturated carbocycles. The van der Waals surface area contributed by atoms with Crippen molar-refractivity contribution in [3.8, 4) is 11.8 Å². The van der Waals surface area contributed by atoms with Crippen LogP contribution in [0.5, 0.6) is 5.75 Å². The van der Waals surface area contributed by atoms with Gasteiger partial charge in [0.15, 0.2) is 0 Å². The fourth-order valence-electron chi connectivity index (χ4n) is 1.26. The van der Waals surface area contributed by atoms with Crippen LogP contribution in [0.1, 0.15) is 18.1 Å². The summed E-state index contributed by atoms with van der Waals surface area (Å²) in [6.07, 6.45) is -0.317. The second-order valence-electron chi connectivity index (χ2n) is 3.05. The molecule has 5 heteroatoms. The van der Waals surface area contributed by atoms with Gasteiger partial charge in [-0.1, -0.05) is 0 Å². The summed E-state index contributed by atoms with van der Waals surface area (Å²) in [4.78, 5) is 11.2. The molecular formula is C11H10FNO3. The Morgan fingerprint density at radius 1 is 1.62 bits per heavy atom. The molecule has 0 spiro atoms. The third-order valence-corrected chi connectivity index (χ3v) is 1.93.